The van der Waals surface area contributed by atoms with Crippen molar-refractivity contribution in [3.8, 4) is 0 Å². The zero-order valence-corrected chi connectivity index (χ0v) is 8.70. The molecule has 0 radical (unpaired) electrons. The van der Waals surface area contributed by atoms with Crippen LogP contribution in [0.25, 0.3) is 0 Å². The Morgan fingerprint density at radius 2 is 2.08 bits per heavy atom. The Morgan fingerprint density at radius 1 is 1.54 bits per heavy atom. The number of cyclic esters (lactones) is 1. The molecule has 0 spiro atoms. The first-order valence-electron chi connectivity index (χ1n) is 4.75. The number of hydrogen-bond donors (Lipinski definition) is 1. The van der Waals surface area contributed by atoms with E-state index in [0.29, 0.717) is 12.3 Å². The molecule has 3 heteroatoms. The van der Waals surface area contributed by atoms with Crippen LogP contribution in [0.3, 0.4) is 0 Å². The monoisotopic (exact) mass is 186 g/mol. The van der Waals surface area contributed by atoms with Crippen molar-refractivity contribution >= 4 is 5.97 Å². The van der Waals surface area contributed by atoms with Crippen LogP contribution in [-0.4, -0.2) is 22.8 Å². The van der Waals surface area contributed by atoms with Crippen LogP contribution in [0.4, 0.5) is 0 Å². The molecule has 2 atom stereocenters. The Bertz CT molecular complexity index is 203. The topological polar surface area (TPSA) is 46.5 Å². The third-order valence-corrected chi connectivity index (χ3v) is 2.62. The fourth-order valence-electron chi connectivity index (χ4n) is 1.59. The second kappa shape index (κ2) is 3.29. The van der Waals surface area contributed by atoms with Crippen molar-refractivity contribution in [2.45, 2.75) is 45.8 Å². The minimum Gasteiger partial charge on any atom is -0.462 e. The van der Waals surface area contributed by atoms with Crippen molar-refractivity contribution in [2.24, 2.45) is 11.8 Å². The Labute approximate surface area is 79.1 Å². The maximum absolute atomic E-state index is 11.4. The fraction of sp³-hybridized carbons (Fsp3) is 0.900. The van der Waals surface area contributed by atoms with Gasteiger partial charge in [0.15, 0.2) is 0 Å². The van der Waals surface area contributed by atoms with Gasteiger partial charge in [0.2, 0.25) is 0 Å². The molecule has 3 nitrogen and oxygen atoms in total. The van der Waals surface area contributed by atoms with Crippen molar-refractivity contribution in [2.75, 3.05) is 0 Å². The molecule has 1 N–H and O–H groups in total. The summed E-state index contributed by atoms with van der Waals surface area (Å²) in [4.78, 5) is 11.4. The van der Waals surface area contributed by atoms with Gasteiger partial charge < -0.3 is 9.84 Å². The molecule has 1 fully saturated rings. The Hall–Kier alpha value is -0.570. The highest BCUT2D eigenvalue weighted by Crippen LogP contribution is 2.33. The molecule has 76 valence electrons. The Morgan fingerprint density at radius 3 is 2.31 bits per heavy atom. The number of ether oxygens (including phenoxy) is 1. The van der Waals surface area contributed by atoms with Crippen LogP contribution in [0.1, 0.15) is 34.1 Å². The average Bonchev–Trinajstić information content (AvgIpc) is 2.29. The predicted octanol–water partition coefficient (Wildman–Crippen LogP) is 1.34. The van der Waals surface area contributed by atoms with Gasteiger partial charge in [-0.05, 0) is 19.8 Å². The predicted molar refractivity (Wildman–Crippen MR) is 49.1 cm³/mol. The summed E-state index contributed by atoms with van der Waals surface area (Å²) in [6.07, 6.45) is 0.615. The van der Waals surface area contributed by atoms with Crippen LogP contribution in [0.5, 0.6) is 0 Å². The second-order valence-electron chi connectivity index (χ2n) is 4.66. The average molecular weight is 186 g/mol. The van der Waals surface area contributed by atoms with E-state index in [0.717, 1.165) is 0 Å². The van der Waals surface area contributed by atoms with Crippen LogP contribution >= 0.6 is 0 Å². The summed E-state index contributed by atoms with van der Waals surface area (Å²) >= 11 is 0. The van der Waals surface area contributed by atoms with Gasteiger partial charge in [0, 0.05) is 6.42 Å². The lowest BCUT2D eigenvalue weighted by molar-refractivity contribution is -0.150. The largest absolute Gasteiger partial charge is 0.462 e. The molecule has 0 amide bonds. The summed E-state index contributed by atoms with van der Waals surface area (Å²) < 4.78 is 5.16. The highest BCUT2D eigenvalue weighted by Gasteiger charge is 2.43. The summed E-state index contributed by atoms with van der Waals surface area (Å²) in [7, 11) is 0. The summed E-state index contributed by atoms with van der Waals surface area (Å²) in [6.45, 7) is 7.35. The van der Waals surface area contributed by atoms with E-state index < -0.39 is 5.60 Å². The van der Waals surface area contributed by atoms with E-state index in [1.165, 1.54) is 0 Å². The number of carbonyl (C=O) groups is 1. The van der Waals surface area contributed by atoms with E-state index in [1.54, 1.807) is 13.8 Å². The van der Waals surface area contributed by atoms with Gasteiger partial charge in [0.05, 0.1) is 11.5 Å². The van der Waals surface area contributed by atoms with Gasteiger partial charge >= 0.3 is 5.97 Å². The van der Waals surface area contributed by atoms with Gasteiger partial charge in [-0.2, -0.15) is 0 Å². The lowest BCUT2D eigenvalue weighted by atomic mass is 9.86. The van der Waals surface area contributed by atoms with Crippen LogP contribution in [0.2, 0.25) is 0 Å². The summed E-state index contributed by atoms with van der Waals surface area (Å²) in [6, 6.07) is 0. The molecule has 1 heterocycles. The molecule has 0 aromatic rings. The number of esters is 1. The third kappa shape index (κ3) is 2.21. The SMILES string of the molecule is CC(C)[C@@H]1CC(C(C)(C)O)C(=O)O1. The number of hydrogen-bond acceptors (Lipinski definition) is 3. The minimum absolute atomic E-state index is 0.0241. The minimum atomic E-state index is -0.958. The van der Waals surface area contributed by atoms with E-state index in [9.17, 15) is 9.90 Å². The van der Waals surface area contributed by atoms with Crippen molar-refractivity contribution < 1.29 is 14.6 Å². The zero-order chi connectivity index (χ0) is 10.2. The maximum Gasteiger partial charge on any atom is 0.312 e. The summed E-state index contributed by atoms with van der Waals surface area (Å²) in [5.74, 6) is -0.289. The smallest absolute Gasteiger partial charge is 0.312 e. The highest BCUT2D eigenvalue weighted by atomic mass is 16.6. The summed E-state index contributed by atoms with van der Waals surface area (Å²) in [5, 5.41) is 9.69. The summed E-state index contributed by atoms with van der Waals surface area (Å²) in [5.41, 5.74) is -0.958. The maximum atomic E-state index is 11.4. The third-order valence-electron chi connectivity index (χ3n) is 2.62. The lowest BCUT2D eigenvalue weighted by Gasteiger charge is -2.21. The van der Waals surface area contributed by atoms with E-state index >= 15 is 0 Å². The van der Waals surface area contributed by atoms with Crippen molar-refractivity contribution in [3.63, 3.8) is 0 Å². The van der Waals surface area contributed by atoms with Gasteiger partial charge in [0.1, 0.15) is 6.10 Å². The quantitative estimate of drug-likeness (QED) is 0.662. The Balaban J connectivity index is 2.67. The molecular weight excluding hydrogens is 168 g/mol. The van der Waals surface area contributed by atoms with E-state index in [-0.39, 0.29) is 18.0 Å². The van der Waals surface area contributed by atoms with Crippen LogP contribution in [0, 0.1) is 11.8 Å². The van der Waals surface area contributed by atoms with Crippen LogP contribution in [-0.2, 0) is 9.53 Å². The zero-order valence-electron chi connectivity index (χ0n) is 8.70. The molecule has 0 aromatic heterocycles. The van der Waals surface area contributed by atoms with Crippen molar-refractivity contribution in [3.05, 3.63) is 0 Å². The van der Waals surface area contributed by atoms with Crippen LogP contribution in [0.15, 0.2) is 0 Å². The van der Waals surface area contributed by atoms with Gasteiger partial charge in [-0.15, -0.1) is 0 Å². The molecule has 0 aromatic carbocycles. The molecule has 0 saturated carbocycles. The normalized spacial score (nSPS) is 29.5. The standard InChI is InChI=1S/C10H18O3/c1-6(2)8-5-7(9(11)13-8)10(3,4)12/h6-8,12H,5H2,1-4H3/t7?,8-/m0/s1. The van der Waals surface area contributed by atoms with Crippen molar-refractivity contribution in [1.82, 2.24) is 0 Å². The van der Waals surface area contributed by atoms with E-state index in [2.05, 4.69) is 0 Å². The van der Waals surface area contributed by atoms with Gasteiger partial charge in [-0.25, -0.2) is 0 Å². The fourth-order valence-corrected chi connectivity index (χ4v) is 1.59. The molecule has 1 unspecified atom stereocenters. The van der Waals surface area contributed by atoms with Gasteiger partial charge in [-0.1, -0.05) is 13.8 Å². The first kappa shape index (κ1) is 10.5. The van der Waals surface area contributed by atoms with Gasteiger partial charge in [-0.3, -0.25) is 4.79 Å². The molecule has 0 aliphatic carbocycles. The molecule has 1 saturated heterocycles. The number of carbonyl (C=O) groups excluding carboxylic acids is 1. The molecule has 1 rings (SSSR count). The number of rotatable bonds is 2. The highest BCUT2D eigenvalue weighted by molar-refractivity contribution is 5.75. The van der Waals surface area contributed by atoms with E-state index in [4.69, 9.17) is 4.74 Å². The Kier molecular flexibility index (Phi) is 2.66. The lowest BCUT2D eigenvalue weighted by Crippen LogP contribution is -2.33. The van der Waals surface area contributed by atoms with Gasteiger partial charge in [0.25, 0.3) is 0 Å². The molecule has 1 aliphatic heterocycles. The second-order valence-corrected chi connectivity index (χ2v) is 4.66. The molecule has 13 heavy (non-hydrogen) atoms. The first-order chi connectivity index (χ1) is 5.82. The van der Waals surface area contributed by atoms with Crippen molar-refractivity contribution in [1.29, 1.82) is 0 Å². The first-order valence-corrected chi connectivity index (χ1v) is 4.75. The molecular formula is C10H18O3. The number of aliphatic hydroxyl groups is 1. The molecule has 0 bridgehead atoms. The van der Waals surface area contributed by atoms with E-state index in [1.807, 2.05) is 13.8 Å². The molecule has 1 aliphatic rings. The van der Waals surface area contributed by atoms with Crippen LogP contribution < -0.4 is 0 Å².